The second-order valence-electron chi connectivity index (χ2n) is 19.9. The monoisotopic (exact) mass is 1230 g/mol. The number of phosphoric acid groups is 1. The van der Waals surface area contributed by atoms with E-state index in [0.717, 1.165) is 20.8 Å². The topological polar surface area (TPSA) is 605 Å². The van der Waals surface area contributed by atoms with Crippen LogP contribution in [0.1, 0.15) is 34.1 Å². The summed E-state index contributed by atoms with van der Waals surface area (Å²) in [7, 11) is -5.82. The van der Waals surface area contributed by atoms with Crippen molar-refractivity contribution < 1.29 is 161 Å². The molecular formula is C44H72N5O33P. The summed E-state index contributed by atoms with van der Waals surface area (Å²) in [6, 6.07) is -3.91. The van der Waals surface area contributed by atoms with Gasteiger partial charge in [-0.2, -0.15) is 0 Å². The lowest BCUT2D eigenvalue weighted by atomic mass is 9.85. The van der Waals surface area contributed by atoms with Crippen LogP contribution in [0.25, 0.3) is 0 Å². The molecule has 39 heteroatoms. The van der Waals surface area contributed by atoms with Crippen LogP contribution in [0.15, 0.2) is 12.7 Å². The molecule has 21 N–H and O–H groups in total. The highest BCUT2D eigenvalue weighted by Crippen LogP contribution is 2.49. The van der Waals surface area contributed by atoms with Crippen molar-refractivity contribution in [2.24, 2.45) is 17.2 Å². The van der Waals surface area contributed by atoms with Gasteiger partial charge in [0, 0.05) is 13.8 Å². The fourth-order valence-electron chi connectivity index (χ4n) is 9.36. The van der Waals surface area contributed by atoms with Gasteiger partial charge in [-0.15, -0.1) is 6.58 Å². The first-order valence-corrected chi connectivity index (χ1v) is 26.7. The molecule has 5 aliphatic rings. The normalized spacial score (nSPS) is 41.7. The lowest BCUT2D eigenvalue weighted by Gasteiger charge is -2.52. The van der Waals surface area contributed by atoms with E-state index in [4.69, 9.17) is 78.4 Å². The number of carboxylic acid groups (broad SMARTS) is 1. The number of rotatable bonds is 26. The number of ether oxygens (including phenoxy) is 11. The number of nitrogens with two attached hydrogens (primary N) is 3. The van der Waals surface area contributed by atoms with Crippen LogP contribution in [-0.2, 0) is 89.7 Å². The summed E-state index contributed by atoms with van der Waals surface area (Å²) in [6.07, 6.45) is -49.8. The Morgan fingerprint density at radius 1 is 0.699 bits per heavy atom. The first-order valence-electron chi connectivity index (χ1n) is 25.2. The predicted molar refractivity (Wildman–Crippen MR) is 258 cm³/mol. The first kappa shape index (κ1) is 69.4. The second kappa shape index (κ2) is 29.3. The highest BCUT2D eigenvalue weighted by Gasteiger charge is 2.62. The Hall–Kier alpha value is -4.37. The number of nitrogens with one attached hydrogen (secondary N) is 2. The van der Waals surface area contributed by atoms with Crippen molar-refractivity contribution in [2.75, 3.05) is 26.4 Å². The number of aliphatic hydroxyl groups is 11. The van der Waals surface area contributed by atoms with Crippen LogP contribution in [0, 0.1) is 0 Å². The molecule has 5 aliphatic heterocycles. The predicted octanol–water partition coefficient (Wildman–Crippen LogP) is -10.6. The van der Waals surface area contributed by atoms with Crippen LogP contribution in [0.2, 0.25) is 0 Å². The quantitative estimate of drug-likeness (QED) is 0.0282. The van der Waals surface area contributed by atoms with Crippen LogP contribution in [0.3, 0.4) is 0 Å². The molecule has 476 valence electrons. The maximum absolute atomic E-state index is 13.7. The highest BCUT2D eigenvalue weighted by molar-refractivity contribution is 7.47. The Bertz CT molecular complexity index is 2290. The molecule has 0 saturated carbocycles. The molecule has 0 aliphatic carbocycles. The van der Waals surface area contributed by atoms with E-state index in [9.17, 15) is 99.5 Å². The summed E-state index contributed by atoms with van der Waals surface area (Å²) in [5.41, 5.74) is 13.2. The number of aliphatic carboxylic acids is 1. The molecule has 2 unspecified atom stereocenters. The van der Waals surface area contributed by atoms with E-state index in [-0.39, 0.29) is 6.42 Å². The fourth-order valence-corrected chi connectivity index (χ4v) is 10.2. The minimum Gasteiger partial charge on any atom is -0.479 e. The molecule has 0 radical (unpaired) electrons. The third-order valence-corrected chi connectivity index (χ3v) is 14.4. The van der Waals surface area contributed by atoms with Gasteiger partial charge in [-0.05, 0) is 20.3 Å². The van der Waals surface area contributed by atoms with Crippen molar-refractivity contribution >= 4 is 43.5 Å². The molecule has 5 saturated heterocycles. The third-order valence-electron chi connectivity index (χ3n) is 13.5. The highest BCUT2D eigenvalue weighted by atomic mass is 31.2. The number of aliphatic hydroxyl groups excluding tert-OH is 10. The molecule has 0 aromatic rings. The first-order chi connectivity index (χ1) is 38.6. The number of hydrogen-bond acceptors (Lipinski definition) is 31. The van der Waals surface area contributed by atoms with E-state index in [2.05, 4.69) is 17.2 Å². The van der Waals surface area contributed by atoms with E-state index in [1.165, 1.54) is 13.0 Å². The Morgan fingerprint density at radius 3 is 1.78 bits per heavy atom. The number of primary amides is 3. The minimum absolute atomic E-state index is 0.0686. The van der Waals surface area contributed by atoms with Crippen molar-refractivity contribution in [3.05, 3.63) is 12.7 Å². The lowest BCUT2D eigenvalue weighted by Crippen LogP contribution is -2.72. The maximum atomic E-state index is 13.7. The molecule has 0 spiro atoms. The Kier molecular flexibility index (Phi) is 24.5. The Labute approximate surface area is 469 Å². The van der Waals surface area contributed by atoms with Crippen LogP contribution in [0.4, 0.5) is 4.79 Å². The van der Waals surface area contributed by atoms with Crippen LogP contribution < -0.4 is 27.8 Å². The van der Waals surface area contributed by atoms with Crippen molar-refractivity contribution in [1.82, 2.24) is 10.6 Å². The molecule has 5 rings (SSSR count). The zero-order valence-electron chi connectivity index (χ0n) is 44.5. The van der Waals surface area contributed by atoms with Gasteiger partial charge in [0.1, 0.15) is 90.9 Å². The largest absolute Gasteiger partial charge is 0.479 e. The number of carbonyl (C=O) groups excluding carboxylic acids is 5. The number of carboxylic acids is 1. The average molecular weight is 1230 g/mol. The van der Waals surface area contributed by atoms with Crippen LogP contribution in [-0.4, -0.2) is 293 Å². The van der Waals surface area contributed by atoms with E-state index < -0.39 is 235 Å². The van der Waals surface area contributed by atoms with E-state index in [1.807, 2.05) is 0 Å². The zero-order chi connectivity index (χ0) is 62.3. The fraction of sp³-hybridized carbons (Fsp3) is 0.818. The van der Waals surface area contributed by atoms with Crippen molar-refractivity contribution in [3.8, 4) is 0 Å². The molecular weight excluding hydrogens is 1160 g/mol. The maximum Gasteiger partial charge on any atom is 0.474 e. The van der Waals surface area contributed by atoms with Gasteiger partial charge in [-0.3, -0.25) is 28.2 Å². The van der Waals surface area contributed by atoms with E-state index >= 15 is 0 Å². The smallest absolute Gasteiger partial charge is 0.474 e. The lowest BCUT2D eigenvalue weighted by molar-refractivity contribution is -0.375. The van der Waals surface area contributed by atoms with Gasteiger partial charge < -0.3 is 146 Å². The van der Waals surface area contributed by atoms with Gasteiger partial charge in [-0.1, -0.05) is 6.08 Å². The van der Waals surface area contributed by atoms with Gasteiger partial charge in [0.05, 0.1) is 38.6 Å². The number of hydrogen-bond donors (Lipinski definition) is 18. The second-order valence-corrected chi connectivity index (χ2v) is 21.3. The number of phosphoric ester groups is 1. The Balaban J connectivity index is 1.56. The zero-order valence-corrected chi connectivity index (χ0v) is 45.4. The summed E-state index contributed by atoms with van der Waals surface area (Å²) in [5.74, 6) is -6.55. The number of carbonyl (C=O) groups is 6. The SMILES string of the molecule is C=CCC(O)CO[C@H](COP(=O)(O)O[C@H]1O[C@H](C(N)=O)[C@@](C)(O)[C@H](OC(N)=O)[C@H]1O[C@@H]1O[C@H](CO[C@@H]2O[C@H](CO)[C@@H](O)[C@H](O)[C@H]2O)[C@@H](O[C@@H]2O[C@H](C)[C@@H](O[C@@H]3O[C@H](C(N)=O)[C@H](O)[C@H](O)[C@H]3O)[C@H](O)[C@H]2NC(C)=O)[C@H](O)[C@H]1NC(C)=O)C(=O)O. The molecule has 83 heavy (non-hydrogen) atoms. The van der Waals surface area contributed by atoms with Gasteiger partial charge >= 0.3 is 19.9 Å². The van der Waals surface area contributed by atoms with Gasteiger partial charge in [0.25, 0.3) is 0 Å². The van der Waals surface area contributed by atoms with Crippen LogP contribution in [0.5, 0.6) is 0 Å². The number of amides is 5. The molecule has 5 fully saturated rings. The molecule has 38 nitrogen and oxygen atoms in total. The minimum atomic E-state index is -5.82. The summed E-state index contributed by atoms with van der Waals surface area (Å²) in [6.45, 7) is 3.29. The van der Waals surface area contributed by atoms with Gasteiger partial charge in [-0.25, -0.2) is 14.2 Å². The summed E-state index contributed by atoms with van der Waals surface area (Å²) >= 11 is 0. The molecule has 0 bridgehead atoms. The summed E-state index contributed by atoms with van der Waals surface area (Å²) < 4.78 is 86.4. The molecule has 28 atom stereocenters. The van der Waals surface area contributed by atoms with Crippen molar-refractivity contribution in [3.63, 3.8) is 0 Å². The molecule has 0 aromatic carbocycles. The van der Waals surface area contributed by atoms with E-state index in [0.29, 0.717) is 0 Å². The van der Waals surface area contributed by atoms with Gasteiger partial charge in [0.15, 0.2) is 62.0 Å². The third kappa shape index (κ3) is 17.0. The average Bonchev–Trinajstić information content (AvgIpc) is 2.77. The van der Waals surface area contributed by atoms with Gasteiger partial charge in [0.2, 0.25) is 23.6 Å². The Morgan fingerprint density at radius 2 is 1.24 bits per heavy atom. The standard InChI is InChI=1S/C44H72N5O33P/c1-6-7-15(53)9-70-18(37(64)65)11-72-83(68,69)82-42-32(33(81-43(47)66)44(5,67)34(80-42)36(46)63)79-39-20(49-14(4)52)23(56)30(17(75-39)10-71-40-27(60)24(57)21(54)16(8-50)74-40)77-38-19(48-13(3)51)22(55)29(12(2)73-38)76-41-28(61)25(58)26(59)31(78-41)35(45)62/h6,12,15-34,38-42,50,53-61,67H,1,7-11H2,2-5H3,(H2,45,62)(H2,46,63)(H2,47,66)(H,48,51)(H,49,52)(H,64,65)(H,68,69)/t12-,15?,16-,17-,18-,19-,20-,21-,22-,23-,24+,25+,26-,27-,28-,29-,30-,31+,32-,33-,34-,38+,39+,40-,41-,42-,44+/m1/s1. The molecule has 5 heterocycles. The summed E-state index contributed by atoms with van der Waals surface area (Å²) in [4.78, 5) is 86.2. The van der Waals surface area contributed by atoms with E-state index in [1.54, 1.807) is 0 Å². The summed E-state index contributed by atoms with van der Waals surface area (Å²) in [5, 5.41) is 134. The van der Waals surface area contributed by atoms with Crippen molar-refractivity contribution in [2.45, 2.75) is 199 Å². The molecule has 0 aromatic heterocycles. The molecule has 5 amide bonds. The van der Waals surface area contributed by atoms with Crippen molar-refractivity contribution in [1.29, 1.82) is 0 Å². The van der Waals surface area contributed by atoms with Crippen LogP contribution >= 0.6 is 7.82 Å².